The Morgan fingerprint density at radius 1 is 1.56 bits per heavy atom. The quantitative estimate of drug-likeness (QED) is 0.671. The number of carbonyl (C=O) groups is 2. The number of thiophene rings is 1. The third kappa shape index (κ3) is 4.20. The number of nitrogens with two attached hydrogens (primary N) is 2. The smallest absolute Gasteiger partial charge is 0.262 e. The molecule has 1 aromatic heterocycles. The Kier molecular flexibility index (Phi) is 5.36. The van der Waals surface area contributed by atoms with Gasteiger partial charge in [-0.05, 0) is 18.4 Å². The van der Waals surface area contributed by atoms with Crippen LogP contribution in [0.15, 0.2) is 11.4 Å². The van der Waals surface area contributed by atoms with Crippen molar-refractivity contribution < 1.29 is 9.59 Å². The van der Waals surface area contributed by atoms with E-state index in [0.717, 1.165) is 0 Å². The van der Waals surface area contributed by atoms with Crippen LogP contribution < -0.4 is 16.8 Å². The highest BCUT2D eigenvalue weighted by Crippen LogP contribution is 2.15. The Bertz CT molecular complexity index is 499. The molecule has 2 amide bonds. The molecule has 1 unspecified atom stereocenters. The molecular weight excluding hydrogens is 250 g/mol. The van der Waals surface area contributed by atoms with Crippen LogP contribution in [-0.4, -0.2) is 24.4 Å². The summed E-state index contributed by atoms with van der Waals surface area (Å²) in [6.45, 7) is 1.97. The van der Waals surface area contributed by atoms with Crippen molar-refractivity contribution in [1.29, 1.82) is 0 Å². The summed E-state index contributed by atoms with van der Waals surface area (Å²) < 4.78 is 0. The van der Waals surface area contributed by atoms with E-state index in [-0.39, 0.29) is 24.9 Å². The SMILES string of the molecule is CC(CC(N)=O)NC(=O)c1sccc1C#CCN. The predicted molar refractivity (Wildman–Crippen MR) is 71.0 cm³/mol. The van der Waals surface area contributed by atoms with Gasteiger partial charge in [-0.3, -0.25) is 9.59 Å². The zero-order chi connectivity index (χ0) is 13.5. The van der Waals surface area contributed by atoms with Crippen molar-refractivity contribution in [3.63, 3.8) is 0 Å². The number of carbonyl (C=O) groups excluding carboxylic acids is 2. The lowest BCUT2D eigenvalue weighted by atomic mass is 10.2. The number of rotatable bonds is 4. The van der Waals surface area contributed by atoms with Crippen molar-refractivity contribution in [3.05, 3.63) is 21.9 Å². The maximum atomic E-state index is 11.9. The second kappa shape index (κ2) is 6.79. The van der Waals surface area contributed by atoms with Gasteiger partial charge in [-0.25, -0.2) is 0 Å². The van der Waals surface area contributed by atoms with Gasteiger partial charge in [0.25, 0.3) is 5.91 Å². The van der Waals surface area contributed by atoms with Gasteiger partial charge in [0.05, 0.1) is 6.54 Å². The minimum absolute atomic E-state index is 0.112. The highest BCUT2D eigenvalue weighted by molar-refractivity contribution is 7.12. The summed E-state index contributed by atoms with van der Waals surface area (Å²) in [5, 5.41) is 4.49. The van der Waals surface area contributed by atoms with E-state index >= 15 is 0 Å². The van der Waals surface area contributed by atoms with Crippen molar-refractivity contribution in [2.75, 3.05) is 6.54 Å². The van der Waals surface area contributed by atoms with E-state index in [0.29, 0.717) is 10.4 Å². The first-order valence-electron chi connectivity index (χ1n) is 5.40. The van der Waals surface area contributed by atoms with Crippen molar-refractivity contribution in [1.82, 2.24) is 5.32 Å². The number of hydrogen-bond acceptors (Lipinski definition) is 4. The molecule has 1 rings (SSSR count). The van der Waals surface area contributed by atoms with Crippen molar-refractivity contribution in [3.8, 4) is 11.8 Å². The van der Waals surface area contributed by atoms with E-state index in [1.807, 2.05) is 0 Å². The summed E-state index contributed by atoms with van der Waals surface area (Å²) >= 11 is 1.30. The van der Waals surface area contributed by atoms with Crippen molar-refractivity contribution in [2.24, 2.45) is 11.5 Å². The molecule has 6 heteroatoms. The van der Waals surface area contributed by atoms with E-state index in [2.05, 4.69) is 17.2 Å². The summed E-state index contributed by atoms with van der Waals surface area (Å²) in [6, 6.07) is 1.47. The summed E-state index contributed by atoms with van der Waals surface area (Å²) in [6.07, 6.45) is 0.112. The molecule has 1 atom stereocenters. The molecule has 0 aliphatic carbocycles. The van der Waals surface area contributed by atoms with E-state index in [9.17, 15) is 9.59 Å². The number of hydrogen-bond donors (Lipinski definition) is 3. The fourth-order valence-corrected chi connectivity index (χ4v) is 2.12. The molecule has 0 aliphatic rings. The maximum absolute atomic E-state index is 11.9. The van der Waals surface area contributed by atoms with Crippen LogP contribution in [0.25, 0.3) is 0 Å². The van der Waals surface area contributed by atoms with Gasteiger partial charge < -0.3 is 16.8 Å². The molecule has 1 heterocycles. The fourth-order valence-electron chi connectivity index (χ4n) is 1.37. The van der Waals surface area contributed by atoms with Gasteiger partial charge in [0.15, 0.2) is 0 Å². The Hall–Kier alpha value is -1.84. The standard InChI is InChI=1S/C12H15N3O2S/c1-8(7-10(14)16)15-12(17)11-9(3-2-5-13)4-6-18-11/h4,6,8H,5,7,13H2,1H3,(H2,14,16)(H,15,17). The van der Waals surface area contributed by atoms with E-state index in [1.54, 1.807) is 18.4 Å². The van der Waals surface area contributed by atoms with Gasteiger partial charge >= 0.3 is 0 Å². The first kappa shape index (κ1) is 14.2. The molecule has 0 spiro atoms. The highest BCUT2D eigenvalue weighted by Gasteiger charge is 2.15. The normalized spacial score (nSPS) is 11.2. The topological polar surface area (TPSA) is 98.2 Å². The van der Waals surface area contributed by atoms with E-state index < -0.39 is 5.91 Å². The van der Waals surface area contributed by atoms with Gasteiger partial charge in [0, 0.05) is 18.0 Å². The summed E-state index contributed by atoms with van der Waals surface area (Å²) in [5.74, 6) is 4.84. The monoisotopic (exact) mass is 265 g/mol. The van der Waals surface area contributed by atoms with E-state index in [1.165, 1.54) is 11.3 Å². The first-order valence-corrected chi connectivity index (χ1v) is 6.28. The Morgan fingerprint density at radius 2 is 2.28 bits per heavy atom. The molecule has 0 aromatic carbocycles. The van der Waals surface area contributed by atoms with E-state index in [4.69, 9.17) is 11.5 Å². The largest absolute Gasteiger partial charge is 0.370 e. The molecule has 0 aliphatic heterocycles. The Labute approximate surface area is 110 Å². The Morgan fingerprint density at radius 3 is 2.89 bits per heavy atom. The number of nitrogens with one attached hydrogen (secondary N) is 1. The first-order chi connectivity index (χ1) is 8.54. The Balaban J connectivity index is 2.72. The second-order valence-electron chi connectivity index (χ2n) is 3.71. The summed E-state index contributed by atoms with van der Waals surface area (Å²) in [7, 11) is 0. The zero-order valence-electron chi connectivity index (χ0n) is 10.0. The van der Waals surface area contributed by atoms with Crippen molar-refractivity contribution >= 4 is 23.2 Å². The fraction of sp³-hybridized carbons (Fsp3) is 0.333. The molecule has 96 valence electrons. The number of amides is 2. The predicted octanol–water partition coefficient (Wildman–Crippen LogP) is 0.0520. The van der Waals surface area contributed by atoms with Gasteiger partial charge in [-0.15, -0.1) is 11.3 Å². The van der Waals surface area contributed by atoms with Crippen LogP contribution in [-0.2, 0) is 4.79 Å². The summed E-state index contributed by atoms with van der Waals surface area (Å²) in [4.78, 5) is 23.2. The number of primary amides is 1. The van der Waals surface area contributed by atoms with Gasteiger partial charge in [-0.1, -0.05) is 11.8 Å². The minimum Gasteiger partial charge on any atom is -0.370 e. The lowest BCUT2D eigenvalue weighted by Gasteiger charge is -2.11. The maximum Gasteiger partial charge on any atom is 0.262 e. The van der Waals surface area contributed by atoms with Crippen LogP contribution >= 0.6 is 11.3 Å². The highest BCUT2D eigenvalue weighted by atomic mass is 32.1. The molecule has 0 bridgehead atoms. The average Bonchev–Trinajstić information content (AvgIpc) is 2.72. The lowest BCUT2D eigenvalue weighted by molar-refractivity contribution is -0.118. The van der Waals surface area contributed by atoms with Crippen LogP contribution in [0.5, 0.6) is 0 Å². The van der Waals surface area contributed by atoms with Crippen LogP contribution in [0, 0.1) is 11.8 Å². The molecule has 0 saturated carbocycles. The van der Waals surface area contributed by atoms with Crippen LogP contribution in [0.4, 0.5) is 0 Å². The van der Waals surface area contributed by atoms with Crippen LogP contribution in [0.3, 0.4) is 0 Å². The second-order valence-corrected chi connectivity index (χ2v) is 4.63. The molecule has 1 aromatic rings. The van der Waals surface area contributed by atoms with Gasteiger partial charge in [-0.2, -0.15) is 0 Å². The van der Waals surface area contributed by atoms with Crippen LogP contribution in [0.1, 0.15) is 28.6 Å². The molecule has 0 fully saturated rings. The zero-order valence-corrected chi connectivity index (χ0v) is 10.8. The molecule has 5 N–H and O–H groups in total. The van der Waals surface area contributed by atoms with Crippen molar-refractivity contribution in [2.45, 2.75) is 19.4 Å². The molecule has 5 nitrogen and oxygen atoms in total. The average molecular weight is 265 g/mol. The molecule has 0 saturated heterocycles. The minimum atomic E-state index is -0.447. The lowest BCUT2D eigenvalue weighted by Crippen LogP contribution is -2.35. The molecular formula is C12H15N3O2S. The molecule has 18 heavy (non-hydrogen) atoms. The third-order valence-corrected chi connectivity index (χ3v) is 2.99. The van der Waals surface area contributed by atoms with Crippen LogP contribution in [0.2, 0.25) is 0 Å². The molecule has 0 radical (unpaired) electrons. The third-order valence-electron chi connectivity index (χ3n) is 2.08. The summed E-state index contributed by atoms with van der Waals surface area (Å²) in [5.41, 5.74) is 11.0. The van der Waals surface area contributed by atoms with Gasteiger partial charge in [0.2, 0.25) is 5.91 Å². The van der Waals surface area contributed by atoms with Gasteiger partial charge in [0.1, 0.15) is 4.88 Å².